The molecule has 5 nitrogen and oxygen atoms in total. The fraction of sp³-hybridized carbons (Fsp3) is 0.357. The van der Waals surface area contributed by atoms with Crippen LogP contribution in [0.4, 0.5) is 5.69 Å². The molecule has 0 bridgehead atoms. The van der Waals surface area contributed by atoms with E-state index in [0.717, 1.165) is 16.8 Å². The number of benzene rings is 1. The smallest absolute Gasteiger partial charge is 0.230 e. The Bertz CT molecular complexity index is 552. The zero-order chi connectivity index (χ0) is 14.0. The number of ketones is 1. The highest BCUT2D eigenvalue weighted by molar-refractivity contribution is 5.99. The maximum Gasteiger partial charge on any atom is 0.230 e. The minimum atomic E-state index is -0.192. The predicted molar refractivity (Wildman–Crippen MR) is 70.5 cm³/mol. The van der Waals surface area contributed by atoms with Crippen molar-refractivity contribution in [1.29, 1.82) is 0 Å². The van der Waals surface area contributed by atoms with Gasteiger partial charge in [-0.25, -0.2) is 0 Å². The highest BCUT2D eigenvalue weighted by Gasteiger charge is 2.18. The number of rotatable bonds is 4. The number of anilines is 1. The highest BCUT2D eigenvalue weighted by Crippen LogP contribution is 2.24. The van der Waals surface area contributed by atoms with Crippen LogP contribution in [-0.2, 0) is 27.3 Å². The van der Waals surface area contributed by atoms with E-state index in [-0.39, 0.29) is 24.0 Å². The fourth-order valence-corrected chi connectivity index (χ4v) is 2.09. The standard InChI is InChI=1S/C14H16N2O3/c1-9(17)5-14(19)16(2)8-10-3-4-12-11(6-10)7-13(18)15-12/h3-4,6H,5,7-8H2,1-2H3,(H,15,18). The molecule has 1 aliphatic rings. The topological polar surface area (TPSA) is 66.5 Å². The van der Waals surface area contributed by atoms with E-state index in [4.69, 9.17) is 0 Å². The lowest BCUT2D eigenvalue weighted by Gasteiger charge is -2.17. The number of carbonyl (C=O) groups excluding carboxylic acids is 3. The van der Waals surface area contributed by atoms with Crippen LogP contribution in [0.1, 0.15) is 24.5 Å². The predicted octanol–water partition coefficient (Wildman–Crippen LogP) is 1.12. The molecule has 0 saturated carbocycles. The first kappa shape index (κ1) is 13.3. The van der Waals surface area contributed by atoms with Gasteiger partial charge in [-0.3, -0.25) is 14.4 Å². The van der Waals surface area contributed by atoms with E-state index in [1.807, 2.05) is 18.2 Å². The van der Waals surface area contributed by atoms with Crippen molar-refractivity contribution in [1.82, 2.24) is 4.90 Å². The molecule has 0 spiro atoms. The summed E-state index contributed by atoms with van der Waals surface area (Å²) in [6.07, 6.45) is 0.315. The van der Waals surface area contributed by atoms with Crippen LogP contribution in [0.25, 0.3) is 0 Å². The molecule has 5 heteroatoms. The van der Waals surface area contributed by atoms with Gasteiger partial charge in [0.05, 0.1) is 12.8 Å². The quantitative estimate of drug-likeness (QED) is 0.825. The molecule has 1 N–H and O–H groups in total. The molecule has 100 valence electrons. The summed E-state index contributed by atoms with van der Waals surface area (Å²) in [5.74, 6) is -0.337. The van der Waals surface area contributed by atoms with Gasteiger partial charge in [0.1, 0.15) is 5.78 Å². The minimum Gasteiger partial charge on any atom is -0.341 e. The third-order valence-corrected chi connectivity index (χ3v) is 3.04. The van der Waals surface area contributed by atoms with Gasteiger partial charge in [-0.2, -0.15) is 0 Å². The summed E-state index contributed by atoms with van der Waals surface area (Å²) in [6.45, 7) is 1.84. The lowest BCUT2D eigenvalue weighted by molar-refractivity contribution is -0.134. The Morgan fingerprint density at radius 2 is 2.11 bits per heavy atom. The molecular formula is C14H16N2O3. The number of nitrogens with one attached hydrogen (secondary N) is 1. The van der Waals surface area contributed by atoms with Crippen molar-refractivity contribution in [3.8, 4) is 0 Å². The van der Waals surface area contributed by atoms with Crippen molar-refractivity contribution >= 4 is 23.3 Å². The molecule has 1 aliphatic heterocycles. The zero-order valence-corrected chi connectivity index (χ0v) is 11.0. The summed E-state index contributed by atoms with van der Waals surface area (Å²) >= 11 is 0. The second-order valence-corrected chi connectivity index (χ2v) is 4.85. The first-order chi connectivity index (χ1) is 8.95. The van der Waals surface area contributed by atoms with Crippen LogP contribution in [0.5, 0.6) is 0 Å². The number of Topliss-reactive ketones (excluding diaryl/α,β-unsaturated/α-hetero) is 1. The molecule has 0 atom stereocenters. The second-order valence-electron chi connectivity index (χ2n) is 4.85. The Hall–Kier alpha value is -2.17. The maximum absolute atomic E-state index is 11.7. The van der Waals surface area contributed by atoms with Crippen molar-refractivity contribution in [3.63, 3.8) is 0 Å². The molecule has 1 heterocycles. The van der Waals surface area contributed by atoms with Crippen LogP contribution >= 0.6 is 0 Å². The largest absolute Gasteiger partial charge is 0.341 e. The number of amides is 2. The first-order valence-electron chi connectivity index (χ1n) is 6.11. The van der Waals surface area contributed by atoms with Gasteiger partial charge in [-0.05, 0) is 24.1 Å². The molecule has 1 aromatic carbocycles. The van der Waals surface area contributed by atoms with E-state index in [1.165, 1.54) is 11.8 Å². The van der Waals surface area contributed by atoms with Gasteiger partial charge < -0.3 is 10.2 Å². The van der Waals surface area contributed by atoms with E-state index in [1.54, 1.807) is 7.05 Å². The van der Waals surface area contributed by atoms with E-state index in [9.17, 15) is 14.4 Å². The summed E-state index contributed by atoms with van der Waals surface area (Å²) in [5, 5.41) is 2.76. The minimum absolute atomic E-state index is 0.00633. The molecule has 0 unspecified atom stereocenters. The lowest BCUT2D eigenvalue weighted by atomic mass is 10.1. The second kappa shape index (κ2) is 5.22. The third-order valence-electron chi connectivity index (χ3n) is 3.04. The molecule has 0 saturated heterocycles. The summed E-state index contributed by atoms with van der Waals surface area (Å²) in [4.78, 5) is 35.4. The number of carbonyl (C=O) groups is 3. The average molecular weight is 260 g/mol. The zero-order valence-electron chi connectivity index (χ0n) is 11.0. The summed E-state index contributed by atoms with van der Waals surface area (Å²) < 4.78 is 0. The summed E-state index contributed by atoms with van der Waals surface area (Å²) in [6, 6.07) is 5.64. The molecule has 19 heavy (non-hydrogen) atoms. The van der Waals surface area contributed by atoms with Crippen molar-refractivity contribution < 1.29 is 14.4 Å². The fourth-order valence-electron chi connectivity index (χ4n) is 2.09. The Balaban J connectivity index is 2.04. The van der Waals surface area contributed by atoms with Crippen LogP contribution in [0, 0.1) is 0 Å². The normalized spacial score (nSPS) is 12.8. The van der Waals surface area contributed by atoms with E-state index in [2.05, 4.69) is 5.32 Å². The number of hydrogen-bond acceptors (Lipinski definition) is 3. The van der Waals surface area contributed by atoms with Crippen molar-refractivity contribution in [2.75, 3.05) is 12.4 Å². The maximum atomic E-state index is 11.7. The Labute approximate surface area is 111 Å². The molecule has 0 radical (unpaired) electrons. The Morgan fingerprint density at radius 1 is 1.37 bits per heavy atom. The van der Waals surface area contributed by atoms with Gasteiger partial charge in [0, 0.05) is 19.3 Å². The van der Waals surface area contributed by atoms with Crippen LogP contribution in [0.3, 0.4) is 0 Å². The molecule has 0 aliphatic carbocycles. The van der Waals surface area contributed by atoms with Gasteiger partial charge in [0.2, 0.25) is 11.8 Å². The lowest BCUT2D eigenvalue weighted by Crippen LogP contribution is -2.27. The van der Waals surface area contributed by atoms with Crippen molar-refractivity contribution in [2.24, 2.45) is 0 Å². The van der Waals surface area contributed by atoms with Crippen LogP contribution in [0.2, 0.25) is 0 Å². The summed E-state index contributed by atoms with van der Waals surface area (Å²) in [7, 11) is 1.67. The number of hydrogen-bond donors (Lipinski definition) is 1. The van der Waals surface area contributed by atoms with E-state index in [0.29, 0.717) is 13.0 Å². The molecule has 0 fully saturated rings. The molecule has 2 rings (SSSR count). The molecule has 1 aromatic rings. The van der Waals surface area contributed by atoms with Gasteiger partial charge >= 0.3 is 0 Å². The average Bonchev–Trinajstić information content (AvgIpc) is 2.67. The van der Waals surface area contributed by atoms with E-state index >= 15 is 0 Å². The number of nitrogens with zero attached hydrogens (tertiary/aromatic N) is 1. The van der Waals surface area contributed by atoms with E-state index < -0.39 is 0 Å². The summed E-state index contributed by atoms with van der Waals surface area (Å²) in [5.41, 5.74) is 2.75. The number of fused-ring (bicyclic) bond motifs is 1. The van der Waals surface area contributed by atoms with Crippen LogP contribution in [0.15, 0.2) is 18.2 Å². The van der Waals surface area contributed by atoms with Gasteiger partial charge in [-0.1, -0.05) is 12.1 Å². The van der Waals surface area contributed by atoms with Crippen LogP contribution in [-0.4, -0.2) is 29.5 Å². The van der Waals surface area contributed by atoms with Gasteiger partial charge in [-0.15, -0.1) is 0 Å². The third kappa shape index (κ3) is 3.19. The van der Waals surface area contributed by atoms with Crippen molar-refractivity contribution in [3.05, 3.63) is 29.3 Å². The monoisotopic (exact) mass is 260 g/mol. The van der Waals surface area contributed by atoms with Gasteiger partial charge in [0.15, 0.2) is 0 Å². The van der Waals surface area contributed by atoms with Gasteiger partial charge in [0.25, 0.3) is 0 Å². The SMILES string of the molecule is CC(=O)CC(=O)N(C)Cc1ccc2c(c1)CC(=O)N2. The van der Waals surface area contributed by atoms with Crippen molar-refractivity contribution in [2.45, 2.75) is 26.3 Å². The first-order valence-corrected chi connectivity index (χ1v) is 6.11. The Morgan fingerprint density at radius 3 is 2.79 bits per heavy atom. The Kier molecular flexibility index (Phi) is 3.64. The highest BCUT2D eigenvalue weighted by atomic mass is 16.2. The molecule has 0 aromatic heterocycles. The molecular weight excluding hydrogens is 244 g/mol. The van der Waals surface area contributed by atoms with Crippen LogP contribution < -0.4 is 5.32 Å². The molecule has 2 amide bonds.